The van der Waals surface area contributed by atoms with E-state index in [2.05, 4.69) is 15.6 Å². The van der Waals surface area contributed by atoms with Crippen molar-refractivity contribution in [3.05, 3.63) is 0 Å². The lowest BCUT2D eigenvalue weighted by molar-refractivity contribution is -0.143. The number of nitrogens with zero attached hydrogens (tertiary/aromatic N) is 2. The van der Waals surface area contributed by atoms with Crippen molar-refractivity contribution < 1.29 is 18.3 Å². The summed E-state index contributed by atoms with van der Waals surface area (Å²) in [5.41, 5.74) is -0.759. The molecule has 2 unspecified atom stereocenters. The van der Waals surface area contributed by atoms with Crippen molar-refractivity contribution in [3.8, 4) is 0 Å². The normalized spacial score (nSPS) is 30.0. The highest BCUT2D eigenvalue weighted by Crippen LogP contribution is 2.27. The Morgan fingerprint density at radius 2 is 2.26 bits per heavy atom. The molecule has 0 aromatic carbocycles. The number of thioether (sulfide) groups is 1. The van der Waals surface area contributed by atoms with Crippen LogP contribution in [0.1, 0.15) is 19.8 Å². The number of nitrogens with one attached hydrogen (secondary N) is 2. The molecule has 2 atom stereocenters. The maximum atomic E-state index is 12.4. The Morgan fingerprint density at radius 1 is 1.48 bits per heavy atom. The van der Waals surface area contributed by atoms with Gasteiger partial charge in [0.05, 0.1) is 18.7 Å². The molecule has 0 bridgehead atoms. The van der Waals surface area contributed by atoms with Crippen LogP contribution in [0.25, 0.3) is 0 Å². The number of guanidine groups is 1. The van der Waals surface area contributed by atoms with Crippen LogP contribution < -0.4 is 10.6 Å². The topological polar surface area (TPSA) is 59.9 Å². The van der Waals surface area contributed by atoms with E-state index < -0.39 is 18.3 Å². The predicted molar refractivity (Wildman–Crippen MR) is 86.9 cm³/mol. The Hall–Kier alpha value is -0.670. The van der Waals surface area contributed by atoms with Gasteiger partial charge in [-0.25, -0.2) is 0 Å². The van der Waals surface area contributed by atoms with E-state index in [9.17, 15) is 18.3 Å². The molecule has 3 N–H and O–H groups in total. The van der Waals surface area contributed by atoms with E-state index in [0.29, 0.717) is 44.3 Å². The number of hydrogen-bond acceptors (Lipinski definition) is 4. The molecule has 2 saturated heterocycles. The fourth-order valence-electron chi connectivity index (χ4n) is 2.81. The van der Waals surface area contributed by atoms with E-state index in [1.165, 1.54) is 4.90 Å². The molecule has 9 heteroatoms. The fraction of sp³-hybridized carbons (Fsp3) is 0.929. The van der Waals surface area contributed by atoms with E-state index in [0.717, 1.165) is 12.2 Å². The standard InChI is InChI=1S/C14H25F3N4OS/c1-2-18-12(19-8-13(22)4-6-23-10-13)20-11-3-5-21(7-11)9-14(15,16)17/h11,22H,2-10H2,1H3,(H2,18,19,20). The lowest BCUT2D eigenvalue weighted by Crippen LogP contribution is -2.46. The molecular weight excluding hydrogens is 329 g/mol. The van der Waals surface area contributed by atoms with Gasteiger partial charge in [0.1, 0.15) is 0 Å². The minimum Gasteiger partial charge on any atom is -0.387 e. The second kappa shape index (κ2) is 7.94. The SMILES string of the molecule is CCNC(=NCC1(O)CCSC1)NC1CCN(CC(F)(F)F)C1. The molecule has 5 nitrogen and oxygen atoms in total. The number of hydrogen-bond donors (Lipinski definition) is 3. The van der Waals surface area contributed by atoms with Crippen LogP contribution in [0, 0.1) is 0 Å². The summed E-state index contributed by atoms with van der Waals surface area (Å²) in [6.45, 7) is 2.82. The molecule has 2 heterocycles. The van der Waals surface area contributed by atoms with Crippen LogP contribution >= 0.6 is 11.8 Å². The molecule has 0 radical (unpaired) electrons. The lowest BCUT2D eigenvalue weighted by Gasteiger charge is -2.22. The molecule has 0 spiro atoms. The second-order valence-electron chi connectivity index (χ2n) is 6.20. The average molecular weight is 354 g/mol. The fourth-order valence-corrected chi connectivity index (χ4v) is 4.09. The van der Waals surface area contributed by atoms with E-state index in [1.54, 1.807) is 11.8 Å². The Kier molecular flexibility index (Phi) is 6.44. The summed E-state index contributed by atoms with van der Waals surface area (Å²) in [5, 5.41) is 16.6. The van der Waals surface area contributed by atoms with Gasteiger partial charge in [-0.2, -0.15) is 24.9 Å². The van der Waals surface area contributed by atoms with E-state index in [1.807, 2.05) is 6.92 Å². The molecule has 0 aromatic rings. The quantitative estimate of drug-likeness (QED) is 0.509. The van der Waals surface area contributed by atoms with Crippen LogP contribution in [-0.4, -0.2) is 78.0 Å². The molecule has 134 valence electrons. The third-order valence-electron chi connectivity index (χ3n) is 3.97. The summed E-state index contributed by atoms with van der Waals surface area (Å²) < 4.78 is 37.3. The molecule has 0 aromatic heterocycles. The Balaban J connectivity index is 1.84. The smallest absolute Gasteiger partial charge is 0.387 e. The molecule has 2 aliphatic heterocycles. The minimum atomic E-state index is -4.16. The van der Waals surface area contributed by atoms with Gasteiger partial charge in [-0.3, -0.25) is 9.89 Å². The summed E-state index contributed by atoms with van der Waals surface area (Å²) in [7, 11) is 0. The van der Waals surface area contributed by atoms with Gasteiger partial charge in [-0.15, -0.1) is 0 Å². The molecule has 2 fully saturated rings. The molecule has 0 aliphatic carbocycles. The maximum absolute atomic E-state index is 12.4. The van der Waals surface area contributed by atoms with Gasteiger partial charge in [0.2, 0.25) is 0 Å². The first-order valence-corrected chi connectivity index (χ1v) is 9.09. The zero-order chi connectivity index (χ0) is 16.9. The van der Waals surface area contributed by atoms with E-state index >= 15 is 0 Å². The van der Waals surface area contributed by atoms with Crippen LogP contribution in [-0.2, 0) is 0 Å². The summed E-state index contributed by atoms with van der Waals surface area (Å²) in [6, 6.07) is -0.0530. The molecule has 2 aliphatic rings. The van der Waals surface area contributed by atoms with Crippen LogP contribution in [0.3, 0.4) is 0 Å². The van der Waals surface area contributed by atoms with Gasteiger partial charge in [-0.05, 0) is 25.5 Å². The monoisotopic (exact) mass is 354 g/mol. The highest BCUT2D eigenvalue weighted by Gasteiger charge is 2.35. The number of likely N-dealkylation sites (tertiary alicyclic amines) is 1. The van der Waals surface area contributed by atoms with Crippen molar-refractivity contribution in [3.63, 3.8) is 0 Å². The van der Waals surface area contributed by atoms with Gasteiger partial charge in [0, 0.05) is 31.4 Å². The lowest BCUT2D eigenvalue weighted by atomic mass is 10.1. The minimum absolute atomic E-state index is 0.0530. The van der Waals surface area contributed by atoms with Crippen molar-refractivity contribution in [2.45, 2.75) is 37.6 Å². The van der Waals surface area contributed by atoms with E-state index in [4.69, 9.17) is 0 Å². The van der Waals surface area contributed by atoms with Crippen LogP contribution in [0.5, 0.6) is 0 Å². The highest BCUT2D eigenvalue weighted by atomic mass is 32.2. The number of rotatable bonds is 5. The third kappa shape index (κ3) is 6.39. The zero-order valence-electron chi connectivity index (χ0n) is 13.3. The van der Waals surface area contributed by atoms with Crippen LogP contribution in [0.4, 0.5) is 13.2 Å². The Bertz CT molecular complexity index is 413. The molecule has 0 amide bonds. The zero-order valence-corrected chi connectivity index (χ0v) is 14.1. The van der Waals surface area contributed by atoms with Gasteiger partial charge < -0.3 is 15.7 Å². The number of halogens is 3. The highest BCUT2D eigenvalue weighted by molar-refractivity contribution is 7.99. The Labute approximate surface area is 139 Å². The summed E-state index contributed by atoms with van der Waals surface area (Å²) in [4.78, 5) is 5.83. The Morgan fingerprint density at radius 3 is 2.87 bits per heavy atom. The van der Waals surface area contributed by atoms with Gasteiger partial charge in [0.15, 0.2) is 5.96 Å². The molecule has 2 rings (SSSR count). The summed E-state index contributed by atoms with van der Waals surface area (Å²) in [5.74, 6) is 2.18. The van der Waals surface area contributed by atoms with Crippen molar-refractivity contribution in [1.29, 1.82) is 0 Å². The second-order valence-corrected chi connectivity index (χ2v) is 7.31. The first kappa shape index (κ1) is 18.7. The van der Waals surface area contributed by atoms with Gasteiger partial charge in [0.25, 0.3) is 0 Å². The first-order valence-electron chi connectivity index (χ1n) is 7.94. The molecule has 23 heavy (non-hydrogen) atoms. The van der Waals surface area contributed by atoms with Crippen LogP contribution in [0.15, 0.2) is 4.99 Å². The molecular formula is C14H25F3N4OS. The van der Waals surface area contributed by atoms with Crippen LogP contribution in [0.2, 0.25) is 0 Å². The first-order chi connectivity index (χ1) is 10.8. The van der Waals surface area contributed by atoms with Crippen molar-refractivity contribution in [2.24, 2.45) is 4.99 Å². The largest absolute Gasteiger partial charge is 0.401 e. The van der Waals surface area contributed by atoms with E-state index in [-0.39, 0.29) is 6.04 Å². The summed E-state index contributed by atoms with van der Waals surface area (Å²) in [6.07, 6.45) is -2.78. The predicted octanol–water partition coefficient (Wildman–Crippen LogP) is 1.05. The van der Waals surface area contributed by atoms with Gasteiger partial charge >= 0.3 is 6.18 Å². The average Bonchev–Trinajstić information content (AvgIpc) is 3.05. The third-order valence-corrected chi connectivity index (χ3v) is 5.21. The molecule has 0 saturated carbocycles. The maximum Gasteiger partial charge on any atom is 0.401 e. The van der Waals surface area contributed by atoms with Crippen molar-refractivity contribution in [1.82, 2.24) is 15.5 Å². The summed E-state index contributed by atoms with van der Waals surface area (Å²) >= 11 is 1.71. The van der Waals surface area contributed by atoms with Crippen molar-refractivity contribution in [2.75, 3.05) is 44.2 Å². The number of alkyl halides is 3. The number of aliphatic imine (C=N–C) groups is 1. The van der Waals surface area contributed by atoms with Gasteiger partial charge in [-0.1, -0.05) is 0 Å². The number of aliphatic hydroxyl groups is 1. The van der Waals surface area contributed by atoms with Crippen molar-refractivity contribution >= 4 is 17.7 Å².